The predicted octanol–water partition coefficient (Wildman–Crippen LogP) is 3.71. The van der Waals surface area contributed by atoms with Gasteiger partial charge in [0.15, 0.2) is 0 Å². The third-order valence-electron chi connectivity index (χ3n) is 4.85. The Bertz CT molecular complexity index is 452. The highest BCUT2D eigenvalue weighted by atomic mass is 19.1. The molecule has 0 amide bonds. The van der Waals surface area contributed by atoms with Crippen molar-refractivity contribution in [2.45, 2.75) is 58.2 Å². The molecule has 1 N–H and O–H groups in total. The predicted molar refractivity (Wildman–Crippen MR) is 82.2 cm³/mol. The number of benzene rings is 1. The molecule has 1 aromatic carbocycles. The highest BCUT2D eigenvalue weighted by Crippen LogP contribution is 2.24. The van der Waals surface area contributed by atoms with Gasteiger partial charge in [-0.25, -0.2) is 8.78 Å². The van der Waals surface area contributed by atoms with Crippen molar-refractivity contribution in [3.63, 3.8) is 0 Å². The average Bonchev–Trinajstić information content (AvgIpc) is 2.58. The van der Waals surface area contributed by atoms with Crippen LogP contribution in [0, 0.1) is 11.6 Å². The minimum absolute atomic E-state index is 0.108. The van der Waals surface area contributed by atoms with Crippen molar-refractivity contribution in [2.75, 3.05) is 13.1 Å². The van der Waals surface area contributed by atoms with Crippen LogP contribution in [0.3, 0.4) is 0 Å². The zero-order valence-electron chi connectivity index (χ0n) is 13.3. The Morgan fingerprint density at radius 1 is 1.19 bits per heavy atom. The summed E-state index contributed by atoms with van der Waals surface area (Å²) in [6, 6.07) is 4.21. The van der Waals surface area contributed by atoms with E-state index in [1.165, 1.54) is 12.1 Å². The lowest BCUT2D eigenvalue weighted by Gasteiger charge is -2.37. The van der Waals surface area contributed by atoms with Crippen LogP contribution in [-0.4, -0.2) is 29.6 Å². The van der Waals surface area contributed by atoms with Gasteiger partial charge in [0.1, 0.15) is 11.6 Å². The summed E-state index contributed by atoms with van der Waals surface area (Å²) >= 11 is 0. The van der Waals surface area contributed by atoms with E-state index >= 15 is 0 Å². The Balaban J connectivity index is 2.18. The molecule has 0 spiro atoms. The van der Waals surface area contributed by atoms with Crippen LogP contribution in [0.4, 0.5) is 8.78 Å². The molecule has 1 aromatic rings. The Labute approximate surface area is 126 Å². The maximum atomic E-state index is 13.4. The van der Waals surface area contributed by atoms with Crippen molar-refractivity contribution >= 4 is 0 Å². The molecule has 1 heterocycles. The number of nitrogens with one attached hydrogen (secondary N) is 1. The first kappa shape index (κ1) is 16.4. The summed E-state index contributed by atoms with van der Waals surface area (Å²) in [5, 5.41) is 3.67. The summed E-state index contributed by atoms with van der Waals surface area (Å²) in [7, 11) is 0. The molecule has 2 rings (SSSR count). The summed E-state index contributed by atoms with van der Waals surface area (Å²) in [5.74, 6) is -0.995. The molecule has 0 aliphatic carbocycles. The van der Waals surface area contributed by atoms with Crippen molar-refractivity contribution in [2.24, 2.45) is 0 Å². The fraction of sp³-hybridized carbons (Fsp3) is 0.647. The fourth-order valence-electron chi connectivity index (χ4n) is 3.20. The van der Waals surface area contributed by atoms with Crippen molar-refractivity contribution in [1.29, 1.82) is 0 Å². The molecular weight excluding hydrogens is 270 g/mol. The molecular formula is C17H26F2N2. The number of hydrogen-bond donors (Lipinski definition) is 1. The third kappa shape index (κ3) is 4.01. The van der Waals surface area contributed by atoms with Gasteiger partial charge in [0.25, 0.3) is 0 Å². The second-order valence-corrected chi connectivity index (χ2v) is 6.23. The van der Waals surface area contributed by atoms with Crippen molar-refractivity contribution in [3.8, 4) is 0 Å². The zero-order valence-corrected chi connectivity index (χ0v) is 13.3. The summed E-state index contributed by atoms with van der Waals surface area (Å²) in [6.45, 7) is 9.10. The summed E-state index contributed by atoms with van der Waals surface area (Å²) in [5.41, 5.74) is 0.818. The van der Waals surface area contributed by atoms with Crippen LogP contribution in [0.2, 0.25) is 0 Å². The average molecular weight is 296 g/mol. The standard InChI is InChI=1S/C17H26F2N2/c1-4-17(5-2)12-21(13(3)6-7-20-17)11-14-8-15(18)10-16(19)9-14/h8-10,13,20H,4-7,11-12H2,1-3H3. The molecule has 1 fully saturated rings. The van der Waals surface area contributed by atoms with E-state index in [0.717, 1.165) is 38.4 Å². The Hall–Kier alpha value is -1.00. The highest BCUT2D eigenvalue weighted by Gasteiger charge is 2.32. The van der Waals surface area contributed by atoms with Gasteiger partial charge < -0.3 is 5.32 Å². The molecule has 0 aromatic heterocycles. The smallest absolute Gasteiger partial charge is 0.126 e. The van der Waals surface area contributed by atoms with E-state index in [4.69, 9.17) is 0 Å². The van der Waals surface area contributed by atoms with Gasteiger partial charge in [-0.3, -0.25) is 4.90 Å². The molecule has 1 atom stereocenters. The van der Waals surface area contributed by atoms with Gasteiger partial charge >= 0.3 is 0 Å². The van der Waals surface area contributed by atoms with Crippen LogP contribution in [0.15, 0.2) is 18.2 Å². The molecule has 1 aliphatic heterocycles. The number of nitrogens with zero attached hydrogens (tertiary/aromatic N) is 1. The lowest BCUT2D eigenvalue weighted by molar-refractivity contribution is 0.152. The van der Waals surface area contributed by atoms with Crippen LogP contribution in [-0.2, 0) is 6.54 Å². The topological polar surface area (TPSA) is 15.3 Å². The maximum absolute atomic E-state index is 13.4. The Kier molecular flexibility index (Phi) is 5.33. The third-order valence-corrected chi connectivity index (χ3v) is 4.85. The van der Waals surface area contributed by atoms with E-state index in [1.807, 2.05) is 0 Å². The molecule has 21 heavy (non-hydrogen) atoms. The minimum Gasteiger partial charge on any atom is -0.310 e. The normalized spacial score (nSPS) is 23.0. The van der Waals surface area contributed by atoms with E-state index in [9.17, 15) is 8.78 Å². The van der Waals surface area contributed by atoms with E-state index in [-0.39, 0.29) is 5.54 Å². The van der Waals surface area contributed by atoms with Gasteiger partial charge in [0.05, 0.1) is 0 Å². The fourth-order valence-corrected chi connectivity index (χ4v) is 3.20. The van der Waals surface area contributed by atoms with Crippen LogP contribution < -0.4 is 5.32 Å². The number of hydrogen-bond acceptors (Lipinski definition) is 2. The molecule has 0 radical (unpaired) electrons. The summed E-state index contributed by atoms with van der Waals surface area (Å²) in [4.78, 5) is 2.35. The molecule has 0 bridgehead atoms. The lowest BCUT2D eigenvalue weighted by Crippen LogP contribution is -2.51. The van der Waals surface area contributed by atoms with Crippen molar-refractivity contribution in [3.05, 3.63) is 35.4 Å². The first-order valence-electron chi connectivity index (χ1n) is 7.92. The molecule has 118 valence electrons. The molecule has 1 aliphatic rings. The first-order valence-corrected chi connectivity index (χ1v) is 7.92. The largest absolute Gasteiger partial charge is 0.310 e. The van der Waals surface area contributed by atoms with Crippen molar-refractivity contribution < 1.29 is 8.78 Å². The maximum Gasteiger partial charge on any atom is 0.126 e. The van der Waals surface area contributed by atoms with Crippen LogP contribution in [0.5, 0.6) is 0 Å². The van der Waals surface area contributed by atoms with Crippen LogP contribution in [0.25, 0.3) is 0 Å². The molecule has 4 heteroatoms. The monoisotopic (exact) mass is 296 g/mol. The van der Waals surface area contributed by atoms with Crippen LogP contribution >= 0.6 is 0 Å². The molecule has 0 saturated carbocycles. The molecule has 2 nitrogen and oxygen atoms in total. The molecule has 1 saturated heterocycles. The van der Waals surface area contributed by atoms with Gasteiger partial charge in [-0.2, -0.15) is 0 Å². The minimum atomic E-state index is -0.497. The summed E-state index contributed by atoms with van der Waals surface area (Å²) in [6.07, 6.45) is 3.17. The van der Waals surface area contributed by atoms with Crippen LogP contribution in [0.1, 0.15) is 45.6 Å². The second-order valence-electron chi connectivity index (χ2n) is 6.23. The first-order chi connectivity index (χ1) is 9.98. The number of rotatable bonds is 4. The SMILES string of the molecule is CCC1(CC)CN(Cc2cc(F)cc(F)c2)C(C)CCN1. The second kappa shape index (κ2) is 6.84. The quantitative estimate of drug-likeness (QED) is 0.911. The Morgan fingerprint density at radius 2 is 1.81 bits per heavy atom. The lowest BCUT2D eigenvalue weighted by atomic mass is 9.92. The van der Waals surface area contributed by atoms with Gasteiger partial charge in [0, 0.05) is 30.7 Å². The van der Waals surface area contributed by atoms with E-state index < -0.39 is 11.6 Å². The zero-order chi connectivity index (χ0) is 15.5. The van der Waals surface area contributed by atoms with Crippen molar-refractivity contribution in [1.82, 2.24) is 10.2 Å². The van der Waals surface area contributed by atoms with E-state index in [0.29, 0.717) is 18.2 Å². The van der Waals surface area contributed by atoms with E-state index in [1.54, 1.807) is 0 Å². The van der Waals surface area contributed by atoms with Gasteiger partial charge in [-0.15, -0.1) is 0 Å². The number of halogens is 2. The molecule has 1 unspecified atom stereocenters. The van der Waals surface area contributed by atoms with Gasteiger partial charge in [0.2, 0.25) is 0 Å². The summed E-state index contributed by atoms with van der Waals surface area (Å²) < 4.78 is 26.7. The van der Waals surface area contributed by atoms with Gasteiger partial charge in [-0.1, -0.05) is 13.8 Å². The van der Waals surface area contributed by atoms with Gasteiger partial charge in [-0.05, 0) is 50.4 Å². The van der Waals surface area contributed by atoms with E-state index in [2.05, 4.69) is 31.0 Å². The highest BCUT2D eigenvalue weighted by molar-refractivity contribution is 5.18. The Morgan fingerprint density at radius 3 is 2.38 bits per heavy atom.